The Bertz CT molecular complexity index is 626. The quantitative estimate of drug-likeness (QED) is 0.889. The lowest BCUT2D eigenvalue weighted by Gasteiger charge is -2.30. The number of nitrogens with zero attached hydrogens (tertiary/aromatic N) is 1. The van der Waals surface area contributed by atoms with Crippen molar-refractivity contribution in [3.05, 3.63) is 35.4 Å². The van der Waals surface area contributed by atoms with Crippen molar-refractivity contribution in [2.75, 3.05) is 6.61 Å². The van der Waals surface area contributed by atoms with Crippen molar-refractivity contribution in [1.29, 1.82) is 0 Å². The van der Waals surface area contributed by atoms with Crippen molar-refractivity contribution in [2.45, 2.75) is 39.3 Å². The van der Waals surface area contributed by atoms with E-state index in [2.05, 4.69) is 10.5 Å². The van der Waals surface area contributed by atoms with Crippen LogP contribution in [-0.4, -0.2) is 35.5 Å². The predicted molar refractivity (Wildman–Crippen MR) is 80.9 cm³/mol. The molecule has 1 aromatic carbocycles. The van der Waals surface area contributed by atoms with E-state index in [1.807, 2.05) is 20.8 Å². The van der Waals surface area contributed by atoms with Crippen LogP contribution in [0.25, 0.3) is 0 Å². The molecule has 1 aliphatic rings. The van der Waals surface area contributed by atoms with Gasteiger partial charge in [-0.05, 0) is 23.6 Å². The first-order valence-corrected chi connectivity index (χ1v) is 7.31. The highest BCUT2D eigenvalue weighted by atomic mass is 19.1. The number of benzene rings is 1. The van der Waals surface area contributed by atoms with Crippen LogP contribution in [0.3, 0.4) is 0 Å². The molecule has 1 aliphatic heterocycles. The summed E-state index contributed by atoms with van der Waals surface area (Å²) in [5.41, 5.74) is -0.172. The number of carbonyl (C=O) groups excluding carboxylic acids is 1. The first-order chi connectivity index (χ1) is 10.7. The van der Waals surface area contributed by atoms with Crippen LogP contribution in [0.15, 0.2) is 23.4 Å². The second-order valence-corrected chi connectivity index (χ2v) is 6.57. The third kappa shape index (κ3) is 4.04. The van der Waals surface area contributed by atoms with Crippen LogP contribution in [0.5, 0.6) is 0 Å². The Labute approximate surface area is 133 Å². The highest BCUT2D eigenvalue weighted by Crippen LogP contribution is 2.22. The average molecular weight is 326 g/mol. The number of hydrogen-bond acceptors (Lipinski definition) is 4. The maximum atomic E-state index is 13.7. The van der Waals surface area contributed by atoms with Gasteiger partial charge in [-0.1, -0.05) is 25.9 Å². The van der Waals surface area contributed by atoms with E-state index in [0.29, 0.717) is 0 Å². The Morgan fingerprint density at radius 3 is 2.78 bits per heavy atom. The third-order valence-electron chi connectivity index (χ3n) is 3.75. The molecule has 0 fully saturated rings. The normalized spacial score (nSPS) is 19.0. The third-order valence-corrected chi connectivity index (χ3v) is 3.75. The molecule has 2 rings (SSSR count). The summed E-state index contributed by atoms with van der Waals surface area (Å²) < 4.78 is 27.0. The smallest absolute Gasteiger partial charge is 0.264 e. The maximum Gasteiger partial charge on any atom is 0.264 e. The van der Waals surface area contributed by atoms with E-state index >= 15 is 0 Å². The molecule has 0 saturated heterocycles. The van der Waals surface area contributed by atoms with Crippen LogP contribution in [-0.2, 0) is 9.63 Å². The average Bonchev–Trinajstić information content (AvgIpc) is 2.95. The number of aliphatic hydroxyl groups excluding tert-OH is 1. The zero-order chi connectivity index (χ0) is 17.2. The van der Waals surface area contributed by atoms with Gasteiger partial charge < -0.3 is 15.3 Å². The zero-order valence-corrected chi connectivity index (χ0v) is 13.3. The van der Waals surface area contributed by atoms with Gasteiger partial charge in [0.05, 0.1) is 18.4 Å². The van der Waals surface area contributed by atoms with Gasteiger partial charge in [-0.2, -0.15) is 0 Å². The van der Waals surface area contributed by atoms with Crippen LogP contribution in [0.1, 0.15) is 32.8 Å². The van der Waals surface area contributed by atoms with Crippen LogP contribution in [0.2, 0.25) is 0 Å². The minimum Gasteiger partial charge on any atom is -0.394 e. The van der Waals surface area contributed by atoms with Gasteiger partial charge in [0.15, 0.2) is 0 Å². The summed E-state index contributed by atoms with van der Waals surface area (Å²) in [7, 11) is 0. The summed E-state index contributed by atoms with van der Waals surface area (Å²) >= 11 is 0. The van der Waals surface area contributed by atoms with E-state index in [1.54, 1.807) is 0 Å². The Morgan fingerprint density at radius 1 is 1.48 bits per heavy atom. The Hall–Kier alpha value is -2.02. The second kappa shape index (κ2) is 6.62. The number of nitrogens with one attached hydrogen (secondary N) is 1. The number of rotatable bonds is 4. The summed E-state index contributed by atoms with van der Waals surface area (Å²) in [5.74, 6) is -1.67. The highest BCUT2D eigenvalue weighted by Gasteiger charge is 2.33. The molecule has 0 radical (unpaired) electrons. The SMILES string of the molecule is CC(C)(C)[C@@H](CO)NC(=O)[C@H]1CC(c2cc(F)ccc2F)=NO1. The summed E-state index contributed by atoms with van der Waals surface area (Å²) in [4.78, 5) is 17.2. The van der Waals surface area contributed by atoms with Crippen molar-refractivity contribution in [3.8, 4) is 0 Å². The van der Waals surface area contributed by atoms with Crippen molar-refractivity contribution >= 4 is 11.6 Å². The van der Waals surface area contributed by atoms with Crippen molar-refractivity contribution in [1.82, 2.24) is 5.32 Å². The van der Waals surface area contributed by atoms with Crippen LogP contribution in [0.4, 0.5) is 8.78 Å². The lowest BCUT2D eigenvalue weighted by Crippen LogP contribution is -2.49. The van der Waals surface area contributed by atoms with Gasteiger partial charge in [-0.25, -0.2) is 8.78 Å². The van der Waals surface area contributed by atoms with Gasteiger partial charge in [-0.15, -0.1) is 0 Å². The molecule has 0 saturated carbocycles. The summed E-state index contributed by atoms with van der Waals surface area (Å²) in [5, 5.41) is 15.8. The Kier molecular flexibility index (Phi) is 4.99. The Balaban J connectivity index is 2.04. The molecular formula is C16H20F2N2O3. The van der Waals surface area contributed by atoms with E-state index in [0.717, 1.165) is 18.2 Å². The molecule has 0 aromatic heterocycles. The minimum absolute atomic E-state index is 0.0187. The van der Waals surface area contributed by atoms with E-state index in [4.69, 9.17) is 4.84 Å². The predicted octanol–water partition coefficient (Wildman–Crippen LogP) is 1.98. The monoisotopic (exact) mass is 326 g/mol. The fourth-order valence-corrected chi connectivity index (χ4v) is 2.20. The van der Waals surface area contributed by atoms with Gasteiger partial charge in [0.2, 0.25) is 6.10 Å². The number of carbonyl (C=O) groups is 1. The molecule has 126 valence electrons. The van der Waals surface area contributed by atoms with Crippen LogP contribution >= 0.6 is 0 Å². The van der Waals surface area contributed by atoms with Gasteiger partial charge in [0.25, 0.3) is 5.91 Å². The molecule has 1 aromatic rings. The molecule has 1 amide bonds. The van der Waals surface area contributed by atoms with Crippen LogP contribution in [0, 0.1) is 17.0 Å². The summed E-state index contributed by atoms with van der Waals surface area (Å²) in [6.07, 6.45) is -0.891. The molecule has 2 N–H and O–H groups in total. The number of oxime groups is 1. The molecular weight excluding hydrogens is 306 g/mol. The van der Waals surface area contributed by atoms with Gasteiger partial charge in [0, 0.05) is 12.0 Å². The molecule has 2 atom stereocenters. The lowest BCUT2D eigenvalue weighted by atomic mass is 9.87. The van der Waals surface area contributed by atoms with E-state index in [9.17, 15) is 18.7 Å². The minimum atomic E-state index is -0.927. The van der Waals surface area contributed by atoms with Gasteiger partial charge in [0.1, 0.15) is 11.6 Å². The fourth-order valence-electron chi connectivity index (χ4n) is 2.20. The number of amides is 1. The lowest BCUT2D eigenvalue weighted by molar-refractivity contribution is -0.133. The molecule has 5 nitrogen and oxygen atoms in total. The number of hydrogen-bond donors (Lipinski definition) is 2. The van der Waals surface area contributed by atoms with Gasteiger partial charge >= 0.3 is 0 Å². The molecule has 0 aliphatic carbocycles. The first kappa shape index (κ1) is 17.3. The van der Waals surface area contributed by atoms with E-state index in [1.165, 1.54) is 0 Å². The Morgan fingerprint density at radius 2 is 2.17 bits per heavy atom. The summed E-state index contributed by atoms with van der Waals surface area (Å²) in [6.45, 7) is 5.43. The van der Waals surface area contributed by atoms with Gasteiger partial charge in [-0.3, -0.25) is 4.79 Å². The largest absolute Gasteiger partial charge is 0.394 e. The van der Waals surface area contributed by atoms with Crippen LogP contribution < -0.4 is 5.32 Å². The van der Waals surface area contributed by atoms with Crippen molar-refractivity contribution in [3.63, 3.8) is 0 Å². The van der Waals surface area contributed by atoms with E-state index < -0.39 is 29.7 Å². The molecule has 0 spiro atoms. The topological polar surface area (TPSA) is 70.9 Å². The molecule has 0 bridgehead atoms. The molecule has 23 heavy (non-hydrogen) atoms. The molecule has 7 heteroatoms. The zero-order valence-electron chi connectivity index (χ0n) is 13.3. The molecule has 1 heterocycles. The first-order valence-electron chi connectivity index (χ1n) is 7.31. The standard InChI is InChI=1S/C16H20F2N2O3/c1-16(2,3)14(8-21)19-15(22)13-7-12(20-23-13)10-6-9(17)4-5-11(10)18/h4-6,13-14,21H,7-8H2,1-3H3,(H,19,22)/t13-,14-/m1/s1. The fraction of sp³-hybridized carbons (Fsp3) is 0.500. The van der Waals surface area contributed by atoms with Crippen molar-refractivity contribution < 1.29 is 23.5 Å². The van der Waals surface area contributed by atoms with Crippen molar-refractivity contribution in [2.24, 2.45) is 10.6 Å². The molecule has 0 unspecified atom stereocenters. The highest BCUT2D eigenvalue weighted by molar-refractivity contribution is 6.04. The maximum absolute atomic E-state index is 13.7. The number of aliphatic hydroxyl groups is 1. The van der Waals surface area contributed by atoms with E-state index in [-0.39, 0.29) is 29.7 Å². The number of halogens is 2. The second-order valence-electron chi connectivity index (χ2n) is 6.57. The summed E-state index contributed by atoms with van der Waals surface area (Å²) in [6, 6.07) is 2.58.